The SMILES string of the molecule is CCOc1cc2c(cc1C)SC(=C/C(c1ccccc1)=c1/sc(=C3CC[n+]4c3oc(-c3ccccc3)c4-c3ccccc3)n(CC)c1=O)N2CC. The van der Waals surface area contributed by atoms with Crippen LogP contribution in [-0.4, -0.2) is 17.7 Å². The molecule has 0 aliphatic carbocycles. The van der Waals surface area contributed by atoms with Crippen molar-refractivity contribution in [1.82, 2.24) is 4.57 Å². The highest BCUT2D eigenvalue weighted by Gasteiger charge is 2.39. The van der Waals surface area contributed by atoms with Gasteiger partial charge in [0.05, 0.1) is 22.9 Å². The molecule has 0 radical (unpaired) electrons. The fraction of sp³-hybridized carbons (Fsp3) is 0.209. The maximum absolute atomic E-state index is 14.6. The molecule has 51 heavy (non-hydrogen) atoms. The molecule has 0 saturated heterocycles. The van der Waals surface area contributed by atoms with Gasteiger partial charge in [-0.15, -0.1) is 11.3 Å². The number of allylic oxidation sites excluding steroid dienone is 1. The highest BCUT2D eigenvalue weighted by atomic mass is 32.2. The molecule has 0 N–H and O–H groups in total. The standard InChI is InChI=1S/C43H40N3O3S2/c1-5-44-34-27-35(48-7-3)28(4)25-36(34)50-37(44)26-33(29-17-11-8-12-18-29)40-41(47)45(6-2)43(51-40)32-23-24-46-38(30-19-13-9-14-20-30)39(49-42(32)46)31-21-15-10-16-22-31/h8-22,25-27H,5-7,23-24H2,1-4H3/q+1/b37-26?,40-33-. The van der Waals surface area contributed by atoms with Crippen molar-refractivity contribution in [2.45, 2.75) is 52.1 Å². The topological polar surface area (TPSA) is 51.5 Å². The second-order valence-corrected chi connectivity index (χ2v) is 14.7. The molecule has 4 aromatic carbocycles. The highest BCUT2D eigenvalue weighted by Crippen LogP contribution is 2.49. The van der Waals surface area contributed by atoms with Gasteiger partial charge in [-0.25, -0.2) is 0 Å². The number of fused-ring (bicyclic) bond motifs is 2. The summed E-state index contributed by atoms with van der Waals surface area (Å²) in [5.41, 5.74) is 8.50. The molecular weight excluding hydrogens is 671 g/mol. The fourth-order valence-corrected chi connectivity index (χ4v) is 9.71. The zero-order valence-electron chi connectivity index (χ0n) is 29.3. The largest absolute Gasteiger partial charge is 0.494 e. The summed E-state index contributed by atoms with van der Waals surface area (Å²) >= 11 is 3.33. The molecule has 2 aromatic heterocycles. The molecule has 0 amide bonds. The van der Waals surface area contributed by atoms with E-state index in [0.717, 1.165) is 95.9 Å². The number of benzene rings is 4. The summed E-state index contributed by atoms with van der Waals surface area (Å²) in [6.45, 7) is 11.1. The highest BCUT2D eigenvalue weighted by molar-refractivity contribution is 8.03. The normalized spacial score (nSPS) is 16.1. The van der Waals surface area contributed by atoms with Crippen molar-refractivity contribution >= 4 is 39.9 Å². The van der Waals surface area contributed by atoms with Crippen molar-refractivity contribution < 1.29 is 13.7 Å². The van der Waals surface area contributed by atoms with Gasteiger partial charge in [0.25, 0.3) is 11.3 Å². The number of ether oxygens (including phenoxy) is 1. The van der Waals surface area contributed by atoms with Crippen molar-refractivity contribution in [2.75, 3.05) is 18.1 Å². The first-order chi connectivity index (χ1) is 25.0. The first-order valence-electron chi connectivity index (χ1n) is 17.7. The van der Waals surface area contributed by atoms with Gasteiger partial charge in [-0.3, -0.25) is 9.36 Å². The lowest BCUT2D eigenvalue weighted by atomic mass is 10.1. The Balaban J connectivity index is 1.36. The number of hydrogen-bond donors (Lipinski definition) is 0. The lowest BCUT2D eigenvalue weighted by Crippen LogP contribution is -2.34. The minimum Gasteiger partial charge on any atom is -0.494 e. The number of anilines is 1. The second-order valence-electron chi connectivity index (χ2n) is 12.6. The Morgan fingerprint density at radius 2 is 1.59 bits per heavy atom. The molecule has 6 nitrogen and oxygen atoms in total. The maximum atomic E-state index is 14.6. The molecule has 8 rings (SSSR count). The summed E-state index contributed by atoms with van der Waals surface area (Å²) in [5.74, 6) is 2.58. The zero-order valence-corrected chi connectivity index (χ0v) is 30.9. The summed E-state index contributed by atoms with van der Waals surface area (Å²) in [5, 5.41) is 1.09. The van der Waals surface area contributed by atoms with Crippen LogP contribution in [0.2, 0.25) is 0 Å². The van der Waals surface area contributed by atoms with Gasteiger partial charge in [0.2, 0.25) is 5.76 Å². The van der Waals surface area contributed by atoms with E-state index in [1.165, 1.54) is 4.90 Å². The first-order valence-corrected chi connectivity index (χ1v) is 19.3. The third-order valence-electron chi connectivity index (χ3n) is 9.55. The van der Waals surface area contributed by atoms with Gasteiger partial charge in [-0.05, 0) is 63.1 Å². The third-order valence-corrected chi connectivity index (χ3v) is 11.9. The van der Waals surface area contributed by atoms with Crippen LogP contribution in [0.1, 0.15) is 44.2 Å². The first kappa shape index (κ1) is 33.1. The van der Waals surface area contributed by atoms with Crippen LogP contribution in [0.25, 0.3) is 33.7 Å². The Morgan fingerprint density at radius 3 is 2.25 bits per heavy atom. The number of nitrogens with zero attached hydrogens (tertiary/aromatic N) is 3. The van der Waals surface area contributed by atoms with Crippen LogP contribution < -0.4 is 29.0 Å². The molecule has 4 heterocycles. The monoisotopic (exact) mass is 710 g/mol. The Labute approximate surface area is 306 Å². The van der Waals surface area contributed by atoms with Crippen LogP contribution in [-0.2, 0) is 13.1 Å². The molecule has 0 spiro atoms. The van der Waals surface area contributed by atoms with Gasteiger partial charge >= 0.3 is 5.89 Å². The van der Waals surface area contributed by atoms with Gasteiger partial charge in [-0.1, -0.05) is 90.6 Å². The summed E-state index contributed by atoms with van der Waals surface area (Å²) < 4.78 is 18.7. The van der Waals surface area contributed by atoms with Crippen LogP contribution in [0.3, 0.4) is 0 Å². The Bertz CT molecular complexity index is 2460. The minimum absolute atomic E-state index is 0.0234. The zero-order chi connectivity index (χ0) is 35.1. The fourth-order valence-electron chi connectivity index (χ4n) is 7.15. The number of hydrogen-bond acceptors (Lipinski definition) is 6. The van der Waals surface area contributed by atoms with E-state index in [2.05, 4.69) is 97.0 Å². The molecule has 2 aliphatic rings. The van der Waals surface area contributed by atoms with E-state index in [0.29, 0.717) is 13.2 Å². The number of rotatable bonds is 8. The van der Waals surface area contributed by atoms with Crippen LogP contribution in [0.5, 0.6) is 5.75 Å². The van der Waals surface area contributed by atoms with Crippen molar-refractivity contribution in [3.8, 4) is 28.3 Å². The van der Waals surface area contributed by atoms with Crippen LogP contribution >= 0.6 is 23.1 Å². The Hall–Kier alpha value is -5.05. The molecule has 6 aromatic rings. The van der Waals surface area contributed by atoms with E-state index in [4.69, 9.17) is 9.15 Å². The predicted molar refractivity (Wildman–Crippen MR) is 209 cm³/mol. The molecule has 0 unspecified atom stereocenters. The van der Waals surface area contributed by atoms with E-state index >= 15 is 0 Å². The minimum atomic E-state index is 0.0234. The molecule has 256 valence electrons. The van der Waals surface area contributed by atoms with Crippen molar-refractivity contribution in [1.29, 1.82) is 0 Å². The molecule has 0 fully saturated rings. The van der Waals surface area contributed by atoms with Crippen molar-refractivity contribution in [3.63, 3.8) is 0 Å². The number of thioether (sulfide) groups is 1. The van der Waals surface area contributed by atoms with Crippen LogP contribution in [0, 0.1) is 6.92 Å². The van der Waals surface area contributed by atoms with Crippen molar-refractivity contribution in [3.05, 3.63) is 151 Å². The lowest BCUT2D eigenvalue weighted by molar-refractivity contribution is -0.682. The second kappa shape index (κ2) is 13.9. The summed E-state index contributed by atoms with van der Waals surface area (Å²) in [6, 6.07) is 35.4. The quantitative estimate of drug-likeness (QED) is 0.150. The number of oxazole rings is 1. The van der Waals surface area contributed by atoms with E-state index in [1.807, 2.05) is 54.0 Å². The molecule has 0 atom stereocenters. The van der Waals surface area contributed by atoms with Gasteiger partial charge in [-0.2, -0.15) is 4.57 Å². The predicted octanol–water partition coefficient (Wildman–Crippen LogP) is 8.13. The van der Waals surface area contributed by atoms with Crippen molar-refractivity contribution in [2.24, 2.45) is 0 Å². The van der Waals surface area contributed by atoms with Gasteiger partial charge in [0.15, 0.2) is 6.54 Å². The molecule has 2 aliphatic heterocycles. The van der Waals surface area contributed by atoms with Gasteiger partial charge < -0.3 is 14.1 Å². The van der Waals surface area contributed by atoms with Crippen LogP contribution in [0.4, 0.5) is 5.69 Å². The molecular formula is C43H40N3O3S2+. The average Bonchev–Trinajstić information content (AvgIpc) is 3.92. The van der Waals surface area contributed by atoms with Gasteiger partial charge in [0, 0.05) is 41.6 Å². The molecule has 0 saturated carbocycles. The number of aromatic nitrogens is 2. The van der Waals surface area contributed by atoms with E-state index in [1.54, 1.807) is 23.1 Å². The molecule has 0 bridgehead atoms. The average molecular weight is 711 g/mol. The summed E-state index contributed by atoms with van der Waals surface area (Å²) in [4.78, 5) is 18.1. The third kappa shape index (κ3) is 5.86. The molecule has 8 heteroatoms. The summed E-state index contributed by atoms with van der Waals surface area (Å²) in [6.07, 6.45) is 2.99. The summed E-state index contributed by atoms with van der Waals surface area (Å²) in [7, 11) is 0. The Kier molecular flexibility index (Phi) is 9.04. The van der Waals surface area contributed by atoms with E-state index < -0.39 is 0 Å². The Morgan fingerprint density at radius 1 is 0.902 bits per heavy atom. The van der Waals surface area contributed by atoms with Crippen LogP contribution in [0.15, 0.2) is 128 Å². The van der Waals surface area contributed by atoms with Gasteiger partial charge in [0.1, 0.15) is 20.5 Å². The number of aryl methyl sites for hydroxylation is 1. The lowest BCUT2D eigenvalue weighted by Gasteiger charge is -2.19. The van der Waals surface area contributed by atoms with E-state index in [-0.39, 0.29) is 5.56 Å². The maximum Gasteiger partial charge on any atom is 0.380 e. The smallest absolute Gasteiger partial charge is 0.380 e. The number of thiazole rings is 1. The van der Waals surface area contributed by atoms with E-state index in [9.17, 15) is 4.79 Å².